The smallest absolute Gasteiger partial charge is 0.371 e. The molecule has 11 nitrogen and oxygen atoms in total. The van der Waals surface area contributed by atoms with Crippen molar-refractivity contribution in [2.24, 2.45) is 0 Å². The highest BCUT2D eigenvalue weighted by molar-refractivity contribution is 9.11. The van der Waals surface area contributed by atoms with Crippen molar-refractivity contribution in [2.45, 2.75) is 18.9 Å². The van der Waals surface area contributed by atoms with Crippen molar-refractivity contribution in [3.05, 3.63) is 102 Å². The first-order valence-electron chi connectivity index (χ1n) is 12.2. The Hall–Kier alpha value is -4.20. The minimum absolute atomic E-state index is 0.0140. The second-order valence-corrected chi connectivity index (χ2v) is 10.6. The quantitative estimate of drug-likeness (QED) is 0.167. The predicted molar refractivity (Wildman–Crippen MR) is 159 cm³/mol. The Morgan fingerprint density at radius 2 is 1.17 bits per heavy atom. The zero-order valence-corrected chi connectivity index (χ0v) is 24.8. The number of rotatable bonds is 12. The summed E-state index contributed by atoms with van der Waals surface area (Å²) < 4.78 is 23.5. The van der Waals surface area contributed by atoms with Crippen LogP contribution in [0.15, 0.2) is 76.9 Å². The molecule has 0 saturated heterocycles. The molecule has 0 atom stereocenters. The topological polar surface area (TPSA) is 174 Å². The molecule has 0 radical (unpaired) electrons. The Morgan fingerprint density at radius 3 is 1.50 bits per heavy atom. The van der Waals surface area contributed by atoms with Crippen molar-refractivity contribution in [2.75, 3.05) is 13.2 Å². The van der Waals surface area contributed by atoms with Crippen LogP contribution >= 0.6 is 31.9 Å². The lowest BCUT2D eigenvalue weighted by atomic mass is 10.1. The Morgan fingerprint density at radius 1 is 0.786 bits per heavy atom. The first-order valence-corrected chi connectivity index (χ1v) is 13.8. The summed E-state index contributed by atoms with van der Waals surface area (Å²) >= 11 is 6.73. The highest BCUT2D eigenvalue weighted by Crippen LogP contribution is 2.37. The van der Waals surface area contributed by atoms with E-state index >= 15 is 0 Å². The fourth-order valence-electron chi connectivity index (χ4n) is 4.20. The highest BCUT2D eigenvalue weighted by atomic mass is 79.9. The molecule has 0 aliphatic heterocycles. The van der Waals surface area contributed by atoms with E-state index in [1.165, 1.54) is 24.3 Å². The molecule has 0 unspecified atom stereocenters. The average molecular weight is 706 g/mol. The zero-order chi connectivity index (χ0) is 30.7. The SMILES string of the molecule is C=CCc1c(OCC(O)COc2c(Br)cc3c(=O)cc(C(=O)O)oc3c2CC=C)c(Br)cc2c(=O)cc(C(=O)O)oc12. The van der Waals surface area contributed by atoms with Gasteiger partial charge in [-0.3, -0.25) is 9.59 Å². The van der Waals surface area contributed by atoms with Crippen LogP contribution in [0, 0.1) is 0 Å². The molecule has 0 aliphatic carbocycles. The largest absolute Gasteiger partial charge is 0.489 e. The molecule has 42 heavy (non-hydrogen) atoms. The van der Waals surface area contributed by atoms with E-state index in [0.717, 1.165) is 12.1 Å². The molecule has 2 aromatic heterocycles. The summed E-state index contributed by atoms with van der Waals surface area (Å²) in [4.78, 5) is 48.0. The number of hydrogen-bond acceptors (Lipinski definition) is 9. The van der Waals surface area contributed by atoms with Gasteiger partial charge in [0, 0.05) is 23.3 Å². The Kier molecular flexibility index (Phi) is 9.34. The molecule has 2 heterocycles. The van der Waals surface area contributed by atoms with E-state index < -0.39 is 40.4 Å². The molecular weight excluding hydrogens is 684 g/mol. The fourth-order valence-corrected chi connectivity index (χ4v) is 5.36. The molecule has 0 spiro atoms. The maximum Gasteiger partial charge on any atom is 0.371 e. The van der Waals surface area contributed by atoms with Crippen LogP contribution in [0.2, 0.25) is 0 Å². The lowest BCUT2D eigenvalue weighted by molar-refractivity contribution is 0.0615. The molecule has 218 valence electrons. The van der Waals surface area contributed by atoms with Gasteiger partial charge in [0.15, 0.2) is 10.9 Å². The monoisotopic (exact) mass is 704 g/mol. The van der Waals surface area contributed by atoms with Gasteiger partial charge in [0.1, 0.15) is 42.0 Å². The van der Waals surface area contributed by atoms with Gasteiger partial charge in [0.05, 0.1) is 19.7 Å². The number of halogens is 2. The number of carbonyl (C=O) groups is 2. The van der Waals surface area contributed by atoms with Gasteiger partial charge in [0.25, 0.3) is 0 Å². The second kappa shape index (κ2) is 12.8. The van der Waals surface area contributed by atoms with E-state index in [-0.39, 0.29) is 59.5 Å². The molecule has 3 N–H and O–H groups in total. The number of aliphatic hydroxyl groups is 1. The first-order chi connectivity index (χ1) is 20.0. The molecule has 4 rings (SSSR count). The summed E-state index contributed by atoms with van der Waals surface area (Å²) in [6.07, 6.45) is 2.14. The summed E-state index contributed by atoms with van der Waals surface area (Å²) in [6.45, 7) is 6.81. The predicted octanol–water partition coefficient (Wildman–Crippen LogP) is 5.10. The number of aliphatic hydroxyl groups excluding tert-OH is 1. The summed E-state index contributed by atoms with van der Waals surface area (Å²) in [5.41, 5.74) is -0.389. The third-order valence-electron chi connectivity index (χ3n) is 6.00. The normalized spacial score (nSPS) is 11.1. The van der Waals surface area contributed by atoms with Crippen LogP contribution in [-0.2, 0) is 12.8 Å². The maximum absolute atomic E-state index is 12.5. The number of allylic oxidation sites excluding steroid dienone is 2. The number of ether oxygens (including phenoxy) is 2. The number of benzene rings is 2. The minimum Gasteiger partial charge on any atom is -0.489 e. The molecule has 4 aromatic rings. The highest BCUT2D eigenvalue weighted by Gasteiger charge is 2.23. The van der Waals surface area contributed by atoms with Crippen molar-refractivity contribution < 1.29 is 43.2 Å². The van der Waals surface area contributed by atoms with Crippen LogP contribution in [0.1, 0.15) is 32.2 Å². The van der Waals surface area contributed by atoms with Crippen LogP contribution in [0.4, 0.5) is 0 Å². The van der Waals surface area contributed by atoms with E-state index in [0.29, 0.717) is 20.1 Å². The number of fused-ring (bicyclic) bond motifs is 2. The molecule has 13 heteroatoms. The fraction of sp³-hybridized carbons (Fsp3) is 0.172. The lowest BCUT2D eigenvalue weighted by Gasteiger charge is -2.19. The lowest BCUT2D eigenvalue weighted by Crippen LogP contribution is -2.26. The number of carboxylic acid groups (broad SMARTS) is 2. The van der Waals surface area contributed by atoms with Gasteiger partial charge >= 0.3 is 11.9 Å². The van der Waals surface area contributed by atoms with Gasteiger partial charge in [-0.15, -0.1) is 13.2 Å². The number of carboxylic acids is 2. The van der Waals surface area contributed by atoms with Crippen LogP contribution in [0.3, 0.4) is 0 Å². The maximum atomic E-state index is 12.5. The molecular formula is C29H22Br2O11. The van der Waals surface area contributed by atoms with Crippen molar-refractivity contribution >= 4 is 65.7 Å². The van der Waals surface area contributed by atoms with Gasteiger partial charge in [-0.25, -0.2) is 9.59 Å². The molecule has 0 fully saturated rings. The van der Waals surface area contributed by atoms with Crippen molar-refractivity contribution in [1.82, 2.24) is 0 Å². The summed E-state index contributed by atoms with van der Waals surface area (Å²) in [5.74, 6) is -3.50. The van der Waals surface area contributed by atoms with Gasteiger partial charge in [-0.05, 0) is 56.8 Å². The van der Waals surface area contributed by atoms with E-state index in [1.807, 2.05) is 0 Å². The zero-order valence-electron chi connectivity index (χ0n) is 21.6. The minimum atomic E-state index is -1.41. The Balaban J connectivity index is 1.63. The Bertz CT molecular complexity index is 1740. The van der Waals surface area contributed by atoms with Gasteiger partial charge in [0.2, 0.25) is 11.5 Å². The molecule has 0 amide bonds. The van der Waals surface area contributed by atoms with E-state index in [2.05, 4.69) is 45.0 Å². The van der Waals surface area contributed by atoms with Crippen LogP contribution < -0.4 is 20.3 Å². The molecule has 0 bridgehead atoms. The third kappa shape index (κ3) is 6.17. The van der Waals surface area contributed by atoms with Crippen molar-refractivity contribution in [3.8, 4) is 11.5 Å². The van der Waals surface area contributed by atoms with Crippen LogP contribution in [0.25, 0.3) is 21.9 Å². The van der Waals surface area contributed by atoms with E-state index in [4.69, 9.17) is 18.3 Å². The average Bonchev–Trinajstić information content (AvgIpc) is 2.93. The van der Waals surface area contributed by atoms with E-state index in [9.17, 15) is 34.5 Å². The molecule has 0 saturated carbocycles. The van der Waals surface area contributed by atoms with Crippen LogP contribution in [0.5, 0.6) is 11.5 Å². The standard InChI is InChI=1S/C29H22Br2O11/c1-3-5-14-24-16(20(33)9-22(41-24)28(35)36)7-18(30)26(14)39-11-13(32)12-40-27-15(6-4-2)25-17(8-19(27)31)21(34)10-23(42-25)29(37)38/h3-4,7-10,13,32H,1-2,5-6,11-12H2,(H,35,36)(H,37,38). The third-order valence-corrected chi connectivity index (χ3v) is 7.18. The van der Waals surface area contributed by atoms with Crippen molar-refractivity contribution in [1.29, 1.82) is 0 Å². The second-order valence-electron chi connectivity index (χ2n) is 8.91. The molecule has 0 aliphatic rings. The number of hydrogen-bond donors (Lipinski definition) is 3. The summed E-state index contributed by atoms with van der Waals surface area (Å²) in [5, 5.41) is 29.6. The van der Waals surface area contributed by atoms with Crippen molar-refractivity contribution in [3.63, 3.8) is 0 Å². The van der Waals surface area contributed by atoms with E-state index in [1.54, 1.807) is 0 Å². The Labute approximate surface area is 253 Å². The van der Waals surface area contributed by atoms with Gasteiger partial charge in [-0.2, -0.15) is 0 Å². The summed E-state index contributed by atoms with van der Waals surface area (Å²) in [6, 6.07) is 4.64. The van der Waals surface area contributed by atoms with Gasteiger partial charge in [-0.1, -0.05) is 12.2 Å². The van der Waals surface area contributed by atoms with Crippen LogP contribution in [-0.4, -0.2) is 46.6 Å². The number of aromatic carboxylic acids is 2. The first kappa shape index (κ1) is 30.8. The molecule has 2 aromatic carbocycles. The summed E-state index contributed by atoms with van der Waals surface area (Å²) in [7, 11) is 0. The van der Waals surface area contributed by atoms with Gasteiger partial charge < -0.3 is 33.6 Å².